The molecule has 0 aromatic heterocycles. The fraction of sp³-hybridized carbons (Fsp3) is 0.625. The van der Waals surface area contributed by atoms with Crippen LogP contribution < -0.4 is 4.74 Å². The van der Waals surface area contributed by atoms with Crippen LogP contribution in [-0.2, 0) is 4.74 Å². The van der Waals surface area contributed by atoms with E-state index >= 15 is 0 Å². The summed E-state index contributed by atoms with van der Waals surface area (Å²) in [7, 11) is 3.51. The van der Waals surface area contributed by atoms with Crippen LogP contribution in [0.1, 0.15) is 18.5 Å². The van der Waals surface area contributed by atoms with Crippen LogP contribution in [0.15, 0.2) is 24.3 Å². The molecule has 0 aliphatic carbocycles. The van der Waals surface area contributed by atoms with Gasteiger partial charge in [0, 0.05) is 51.4 Å². The molecule has 0 amide bonds. The lowest BCUT2D eigenvalue weighted by Gasteiger charge is -2.38. The van der Waals surface area contributed by atoms with Gasteiger partial charge in [0.15, 0.2) is 0 Å². The van der Waals surface area contributed by atoms with Crippen molar-refractivity contribution in [1.29, 1.82) is 0 Å². The summed E-state index contributed by atoms with van der Waals surface area (Å²) in [5.41, 5.74) is 1.28. The Morgan fingerprint density at radius 2 is 1.80 bits per heavy atom. The van der Waals surface area contributed by atoms with E-state index in [4.69, 9.17) is 9.47 Å². The summed E-state index contributed by atoms with van der Waals surface area (Å²) in [5.74, 6) is 0.988. The minimum absolute atomic E-state index is 0.399. The summed E-state index contributed by atoms with van der Waals surface area (Å²) >= 11 is 0. The van der Waals surface area contributed by atoms with Crippen molar-refractivity contribution in [2.75, 3.05) is 53.6 Å². The van der Waals surface area contributed by atoms with Gasteiger partial charge < -0.3 is 9.47 Å². The monoisotopic (exact) mass is 278 g/mol. The van der Waals surface area contributed by atoms with E-state index in [-0.39, 0.29) is 0 Å². The number of hydrogen-bond donors (Lipinski definition) is 0. The van der Waals surface area contributed by atoms with Crippen molar-refractivity contribution >= 4 is 0 Å². The second-order valence-corrected chi connectivity index (χ2v) is 5.29. The first-order chi connectivity index (χ1) is 9.76. The number of nitrogens with zero attached hydrogens (tertiary/aromatic N) is 2. The van der Waals surface area contributed by atoms with Crippen molar-refractivity contribution in [1.82, 2.24) is 9.80 Å². The number of ether oxygens (including phenoxy) is 2. The molecule has 1 aliphatic rings. The third-order valence-electron chi connectivity index (χ3n) is 4.16. The Labute approximate surface area is 122 Å². The number of rotatable bonds is 6. The Kier molecular flexibility index (Phi) is 5.83. The van der Waals surface area contributed by atoms with Gasteiger partial charge in [0.05, 0.1) is 13.7 Å². The van der Waals surface area contributed by atoms with Crippen LogP contribution in [0.4, 0.5) is 0 Å². The standard InChI is InChI=1S/C16H26N2O2/c1-14(15-6-4-5-7-16(15)20-3)18-10-8-17(9-11-18)12-13-19-2/h4-7,14H,8-13H2,1-3H3/t14-/m1/s1. The minimum Gasteiger partial charge on any atom is -0.496 e. The molecular formula is C16H26N2O2. The fourth-order valence-electron chi connectivity index (χ4n) is 2.80. The molecule has 1 fully saturated rings. The van der Waals surface area contributed by atoms with E-state index in [1.54, 1.807) is 14.2 Å². The largest absolute Gasteiger partial charge is 0.496 e. The summed E-state index contributed by atoms with van der Waals surface area (Å²) < 4.78 is 10.6. The highest BCUT2D eigenvalue weighted by Gasteiger charge is 2.23. The predicted octanol–water partition coefficient (Wildman–Crippen LogP) is 2.02. The molecule has 0 unspecified atom stereocenters. The van der Waals surface area contributed by atoms with E-state index in [0.29, 0.717) is 6.04 Å². The zero-order valence-electron chi connectivity index (χ0n) is 12.8. The second kappa shape index (κ2) is 7.62. The number of piperazine rings is 1. The van der Waals surface area contributed by atoms with Crippen LogP contribution >= 0.6 is 0 Å². The Morgan fingerprint density at radius 1 is 1.10 bits per heavy atom. The summed E-state index contributed by atoms with van der Waals surface area (Å²) in [6.07, 6.45) is 0. The zero-order chi connectivity index (χ0) is 14.4. The Balaban J connectivity index is 1.93. The number of hydrogen-bond acceptors (Lipinski definition) is 4. The molecule has 1 atom stereocenters. The van der Waals surface area contributed by atoms with Crippen molar-refractivity contribution in [2.24, 2.45) is 0 Å². The van der Waals surface area contributed by atoms with Gasteiger partial charge in [0.2, 0.25) is 0 Å². The maximum Gasteiger partial charge on any atom is 0.123 e. The third-order valence-corrected chi connectivity index (χ3v) is 4.16. The molecule has 0 saturated carbocycles. The van der Waals surface area contributed by atoms with Gasteiger partial charge in [-0.15, -0.1) is 0 Å². The van der Waals surface area contributed by atoms with Crippen molar-refractivity contribution in [3.05, 3.63) is 29.8 Å². The van der Waals surface area contributed by atoms with Gasteiger partial charge in [-0.1, -0.05) is 18.2 Å². The summed E-state index contributed by atoms with van der Waals surface area (Å²) in [6.45, 7) is 8.55. The van der Waals surface area contributed by atoms with Crippen LogP contribution in [-0.4, -0.2) is 63.4 Å². The lowest BCUT2D eigenvalue weighted by molar-refractivity contribution is 0.0780. The van der Waals surface area contributed by atoms with E-state index in [2.05, 4.69) is 28.9 Å². The lowest BCUT2D eigenvalue weighted by Crippen LogP contribution is -2.47. The number of benzene rings is 1. The smallest absolute Gasteiger partial charge is 0.123 e. The first kappa shape index (κ1) is 15.3. The quantitative estimate of drug-likeness (QED) is 0.795. The molecule has 1 aromatic carbocycles. The lowest BCUT2D eigenvalue weighted by atomic mass is 10.0. The van der Waals surface area contributed by atoms with Crippen molar-refractivity contribution < 1.29 is 9.47 Å². The molecule has 20 heavy (non-hydrogen) atoms. The highest BCUT2D eigenvalue weighted by molar-refractivity contribution is 5.35. The first-order valence-corrected chi connectivity index (χ1v) is 7.34. The van der Waals surface area contributed by atoms with Crippen LogP contribution in [0.25, 0.3) is 0 Å². The average molecular weight is 278 g/mol. The van der Waals surface area contributed by atoms with E-state index in [9.17, 15) is 0 Å². The molecular weight excluding hydrogens is 252 g/mol. The van der Waals surface area contributed by atoms with Gasteiger partial charge in [-0.2, -0.15) is 0 Å². The van der Waals surface area contributed by atoms with Crippen LogP contribution in [0.2, 0.25) is 0 Å². The van der Waals surface area contributed by atoms with Gasteiger partial charge >= 0.3 is 0 Å². The third kappa shape index (κ3) is 3.72. The maximum absolute atomic E-state index is 5.48. The molecule has 1 aliphatic heterocycles. The SMILES string of the molecule is COCCN1CCN([C@H](C)c2ccccc2OC)CC1. The van der Waals surface area contributed by atoms with Crippen LogP contribution in [0, 0.1) is 0 Å². The molecule has 0 radical (unpaired) electrons. The highest BCUT2D eigenvalue weighted by Crippen LogP contribution is 2.29. The van der Waals surface area contributed by atoms with E-state index in [1.165, 1.54) is 5.56 Å². The molecule has 4 heteroatoms. The molecule has 1 aromatic rings. The molecule has 0 N–H and O–H groups in total. The molecule has 2 rings (SSSR count). The maximum atomic E-state index is 5.48. The minimum atomic E-state index is 0.399. The van der Waals surface area contributed by atoms with Crippen molar-refractivity contribution in [3.63, 3.8) is 0 Å². The van der Waals surface area contributed by atoms with Gasteiger partial charge in [-0.3, -0.25) is 9.80 Å². The van der Waals surface area contributed by atoms with E-state index in [0.717, 1.165) is 45.1 Å². The average Bonchev–Trinajstić information content (AvgIpc) is 2.52. The fourth-order valence-corrected chi connectivity index (χ4v) is 2.80. The van der Waals surface area contributed by atoms with Gasteiger partial charge in [0.1, 0.15) is 5.75 Å². The molecule has 0 spiro atoms. The highest BCUT2D eigenvalue weighted by atomic mass is 16.5. The Morgan fingerprint density at radius 3 is 2.45 bits per heavy atom. The Bertz CT molecular complexity index is 403. The molecule has 4 nitrogen and oxygen atoms in total. The summed E-state index contributed by atoms with van der Waals surface area (Å²) in [5, 5.41) is 0. The first-order valence-electron chi connectivity index (χ1n) is 7.34. The molecule has 1 heterocycles. The Hall–Kier alpha value is -1.10. The van der Waals surface area contributed by atoms with Gasteiger partial charge in [-0.05, 0) is 13.0 Å². The normalized spacial score (nSPS) is 18.9. The number of para-hydroxylation sites is 1. The van der Waals surface area contributed by atoms with Crippen LogP contribution in [0.3, 0.4) is 0 Å². The van der Waals surface area contributed by atoms with Crippen LogP contribution in [0.5, 0.6) is 5.75 Å². The van der Waals surface area contributed by atoms with Gasteiger partial charge in [0.25, 0.3) is 0 Å². The van der Waals surface area contributed by atoms with Gasteiger partial charge in [-0.25, -0.2) is 0 Å². The molecule has 112 valence electrons. The second-order valence-electron chi connectivity index (χ2n) is 5.29. The summed E-state index contributed by atoms with van der Waals surface area (Å²) in [4.78, 5) is 5.00. The topological polar surface area (TPSA) is 24.9 Å². The molecule has 0 bridgehead atoms. The predicted molar refractivity (Wildman–Crippen MR) is 81.3 cm³/mol. The number of methoxy groups -OCH3 is 2. The molecule has 1 saturated heterocycles. The van der Waals surface area contributed by atoms with E-state index in [1.807, 2.05) is 12.1 Å². The summed E-state index contributed by atoms with van der Waals surface area (Å²) in [6, 6.07) is 8.72. The zero-order valence-corrected chi connectivity index (χ0v) is 12.8. The van der Waals surface area contributed by atoms with Crippen molar-refractivity contribution in [2.45, 2.75) is 13.0 Å². The van der Waals surface area contributed by atoms with Crippen molar-refractivity contribution in [3.8, 4) is 5.75 Å². The van der Waals surface area contributed by atoms with E-state index < -0.39 is 0 Å².